The number of amides is 1. The molecule has 0 aliphatic rings. The number of nitrogens with one attached hydrogen (secondary N) is 1. The molecule has 0 spiro atoms. The fraction of sp³-hybridized carbons (Fsp3) is 0.529. The van der Waals surface area contributed by atoms with Crippen LogP contribution in [0.1, 0.15) is 26.3 Å². The molecule has 0 aromatic heterocycles. The van der Waals surface area contributed by atoms with Crippen molar-refractivity contribution in [1.82, 2.24) is 5.32 Å². The van der Waals surface area contributed by atoms with Gasteiger partial charge in [0.15, 0.2) is 6.10 Å². The van der Waals surface area contributed by atoms with E-state index in [9.17, 15) is 14.2 Å². The van der Waals surface area contributed by atoms with Crippen molar-refractivity contribution in [2.45, 2.75) is 39.3 Å². The standard InChI is InChI=1S/C17H26NO6P/c1-12(2)15(25(5,21)24-13(3)16(19)22-4)18-17(20)23-11-14-9-7-6-8-10-14/h6-10,12-13,15H,11H2,1-5H3,(H,18,20)/t13-,15+,25?/m0/s1. The van der Waals surface area contributed by atoms with E-state index in [-0.39, 0.29) is 12.5 Å². The molecule has 1 unspecified atom stereocenters. The van der Waals surface area contributed by atoms with E-state index in [4.69, 9.17) is 9.26 Å². The lowest BCUT2D eigenvalue weighted by Gasteiger charge is -2.29. The monoisotopic (exact) mass is 371 g/mol. The van der Waals surface area contributed by atoms with Crippen LogP contribution in [0.15, 0.2) is 30.3 Å². The number of hydrogen-bond donors (Lipinski definition) is 1. The number of methoxy groups -OCH3 is 1. The number of hydrogen-bond acceptors (Lipinski definition) is 6. The first-order valence-corrected chi connectivity index (χ1v) is 10.1. The molecule has 1 aromatic rings. The largest absolute Gasteiger partial charge is 0.467 e. The van der Waals surface area contributed by atoms with Gasteiger partial charge in [-0.15, -0.1) is 0 Å². The van der Waals surface area contributed by atoms with Crippen molar-refractivity contribution in [3.8, 4) is 0 Å². The molecule has 0 bridgehead atoms. The van der Waals surface area contributed by atoms with E-state index in [1.807, 2.05) is 30.3 Å². The van der Waals surface area contributed by atoms with Crippen molar-refractivity contribution in [1.29, 1.82) is 0 Å². The Balaban J connectivity index is 2.70. The Morgan fingerprint density at radius 3 is 2.28 bits per heavy atom. The third kappa shape index (κ3) is 6.88. The van der Waals surface area contributed by atoms with Crippen molar-refractivity contribution < 1.29 is 28.2 Å². The SMILES string of the molecule is COC(=O)[C@H](C)OP(C)(=O)[C@@H](NC(=O)OCc1ccccc1)C(C)C. The Bertz CT molecular complexity index is 619. The summed E-state index contributed by atoms with van der Waals surface area (Å²) in [6, 6.07) is 9.22. The smallest absolute Gasteiger partial charge is 0.408 e. The van der Waals surface area contributed by atoms with Crippen LogP contribution < -0.4 is 5.32 Å². The lowest BCUT2D eigenvalue weighted by molar-refractivity contribution is -0.147. The maximum atomic E-state index is 12.9. The van der Waals surface area contributed by atoms with Crippen molar-refractivity contribution in [2.75, 3.05) is 13.8 Å². The fourth-order valence-corrected chi connectivity index (χ4v) is 4.57. The van der Waals surface area contributed by atoms with Gasteiger partial charge in [-0.2, -0.15) is 0 Å². The van der Waals surface area contributed by atoms with Crippen LogP contribution in [-0.4, -0.2) is 37.7 Å². The molecule has 0 saturated heterocycles. The maximum Gasteiger partial charge on any atom is 0.408 e. The summed E-state index contributed by atoms with van der Waals surface area (Å²) >= 11 is 0. The highest BCUT2D eigenvalue weighted by Gasteiger charge is 2.36. The first-order valence-electron chi connectivity index (χ1n) is 7.98. The predicted octanol–water partition coefficient (Wildman–Crippen LogP) is 3.38. The minimum Gasteiger partial charge on any atom is -0.467 e. The second kappa shape index (κ2) is 9.59. The molecule has 3 atom stereocenters. The summed E-state index contributed by atoms with van der Waals surface area (Å²) in [7, 11) is -2.12. The van der Waals surface area contributed by atoms with Crippen LogP contribution in [0.25, 0.3) is 0 Å². The molecule has 7 nitrogen and oxygen atoms in total. The van der Waals surface area contributed by atoms with E-state index < -0.39 is 31.3 Å². The molecule has 1 rings (SSSR count). The van der Waals surface area contributed by atoms with Gasteiger partial charge in [-0.1, -0.05) is 44.2 Å². The predicted molar refractivity (Wildman–Crippen MR) is 94.5 cm³/mol. The number of benzene rings is 1. The average Bonchev–Trinajstić information content (AvgIpc) is 2.57. The summed E-state index contributed by atoms with van der Waals surface area (Å²) in [6.07, 6.45) is -1.69. The van der Waals surface area contributed by atoms with E-state index in [1.165, 1.54) is 20.7 Å². The maximum absolute atomic E-state index is 12.9. The van der Waals surface area contributed by atoms with E-state index in [0.29, 0.717) is 0 Å². The molecule has 25 heavy (non-hydrogen) atoms. The van der Waals surface area contributed by atoms with Gasteiger partial charge in [0, 0.05) is 6.66 Å². The molecule has 1 aromatic carbocycles. The topological polar surface area (TPSA) is 90.9 Å². The number of ether oxygens (including phenoxy) is 2. The highest BCUT2D eigenvalue weighted by atomic mass is 31.2. The first-order chi connectivity index (χ1) is 11.7. The number of esters is 1. The van der Waals surface area contributed by atoms with Crippen molar-refractivity contribution in [2.24, 2.45) is 5.92 Å². The molecular weight excluding hydrogens is 345 g/mol. The molecular formula is C17H26NO6P. The van der Waals surface area contributed by atoms with Gasteiger partial charge in [-0.25, -0.2) is 9.59 Å². The van der Waals surface area contributed by atoms with Crippen LogP contribution in [0.3, 0.4) is 0 Å². The van der Waals surface area contributed by atoms with Gasteiger partial charge >= 0.3 is 12.1 Å². The molecule has 140 valence electrons. The van der Waals surface area contributed by atoms with Gasteiger partial charge in [-0.3, -0.25) is 4.57 Å². The molecule has 8 heteroatoms. The number of alkyl carbamates (subject to hydrolysis) is 1. The molecule has 0 radical (unpaired) electrons. The average molecular weight is 371 g/mol. The van der Waals surface area contributed by atoms with Crippen LogP contribution in [0, 0.1) is 5.92 Å². The highest BCUT2D eigenvalue weighted by molar-refractivity contribution is 7.59. The Labute approximate surface area is 148 Å². The number of rotatable bonds is 8. The van der Waals surface area contributed by atoms with E-state index >= 15 is 0 Å². The third-order valence-corrected chi connectivity index (χ3v) is 5.99. The van der Waals surface area contributed by atoms with Crippen molar-refractivity contribution in [3.05, 3.63) is 35.9 Å². The van der Waals surface area contributed by atoms with Crippen molar-refractivity contribution >= 4 is 19.4 Å². The summed E-state index contributed by atoms with van der Waals surface area (Å²) in [5.74, 6) is -1.61. The lowest BCUT2D eigenvalue weighted by atomic mass is 10.2. The third-order valence-electron chi connectivity index (χ3n) is 3.52. The minimum atomic E-state index is -3.34. The molecule has 1 N–H and O–H groups in total. The van der Waals surface area contributed by atoms with E-state index in [0.717, 1.165) is 5.56 Å². The van der Waals surface area contributed by atoms with Gasteiger partial charge in [0.25, 0.3) is 0 Å². The fourth-order valence-electron chi connectivity index (χ4n) is 2.30. The summed E-state index contributed by atoms with van der Waals surface area (Å²) < 4.78 is 28.0. The zero-order chi connectivity index (χ0) is 19.0. The quantitative estimate of drug-likeness (QED) is 0.556. The van der Waals surface area contributed by atoms with Crippen LogP contribution in [0.4, 0.5) is 4.79 Å². The molecule has 0 heterocycles. The zero-order valence-corrected chi connectivity index (χ0v) is 16.1. The summed E-state index contributed by atoms with van der Waals surface area (Å²) in [5, 5.41) is 2.59. The van der Waals surface area contributed by atoms with Gasteiger partial charge in [0.1, 0.15) is 12.4 Å². The van der Waals surface area contributed by atoms with E-state index in [2.05, 4.69) is 10.1 Å². The first kappa shape index (κ1) is 21.2. The highest BCUT2D eigenvalue weighted by Crippen LogP contribution is 2.50. The Kier molecular flexibility index (Phi) is 8.13. The molecule has 0 aliphatic heterocycles. The Morgan fingerprint density at radius 2 is 1.76 bits per heavy atom. The normalized spacial score (nSPS) is 15.8. The minimum absolute atomic E-state index is 0.102. The number of carbonyl (C=O) groups is 2. The summed E-state index contributed by atoms with van der Waals surface area (Å²) in [4.78, 5) is 23.5. The second-order valence-corrected chi connectivity index (χ2v) is 8.66. The zero-order valence-electron chi connectivity index (χ0n) is 15.2. The van der Waals surface area contributed by atoms with Crippen LogP contribution in [0.2, 0.25) is 0 Å². The summed E-state index contributed by atoms with van der Waals surface area (Å²) in [6.45, 7) is 6.53. The molecule has 0 fully saturated rings. The summed E-state index contributed by atoms with van der Waals surface area (Å²) in [5.41, 5.74) is 0.842. The van der Waals surface area contributed by atoms with Gasteiger partial charge in [-0.05, 0) is 18.4 Å². The lowest BCUT2D eigenvalue weighted by Crippen LogP contribution is -2.40. The number of carbonyl (C=O) groups excluding carboxylic acids is 2. The Morgan fingerprint density at radius 1 is 1.16 bits per heavy atom. The van der Waals surface area contributed by atoms with Crippen LogP contribution in [0.5, 0.6) is 0 Å². The van der Waals surface area contributed by atoms with Crippen molar-refractivity contribution in [3.63, 3.8) is 0 Å². The van der Waals surface area contributed by atoms with Crippen LogP contribution >= 0.6 is 7.37 Å². The van der Waals surface area contributed by atoms with E-state index in [1.54, 1.807) is 13.8 Å². The van der Waals surface area contributed by atoms with Gasteiger partial charge < -0.3 is 19.3 Å². The Hall–Kier alpha value is -1.85. The molecule has 0 saturated carbocycles. The molecule has 1 amide bonds. The van der Waals surface area contributed by atoms with Crippen LogP contribution in [-0.2, 0) is 30.0 Å². The molecule has 0 aliphatic carbocycles. The van der Waals surface area contributed by atoms with Gasteiger partial charge in [0.05, 0.1) is 7.11 Å². The second-order valence-electron chi connectivity index (χ2n) is 6.07. The van der Waals surface area contributed by atoms with Gasteiger partial charge in [0.2, 0.25) is 7.37 Å².